The molecule has 2 aromatic heterocycles. The van der Waals surface area contributed by atoms with E-state index < -0.39 is 15.8 Å². The Balaban J connectivity index is 0.000000597. The number of ether oxygens (including phenoxy) is 1. The van der Waals surface area contributed by atoms with Crippen LogP contribution in [0.15, 0.2) is 57.4 Å². The van der Waals surface area contributed by atoms with Crippen LogP contribution in [0.4, 0.5) is 11.4 Å². The van der Waals surface area contributed by atoms with Crippen LogP contribution in [0.2, 0.25) is 0 Å². The van der Waals surface area contributed by atoms with Gasteiger partial charge in [-0.1, -0.05) is 0 Å². The fourth-order valence-electron chi connectivity index (χ4n) is 2.72. The van der Waals surface area contributed by atoms with Gasteiger partial charge >= 0.3 is 35.5 Å². The minimum atomic E-state index is -0.577. The number of carbonyl (C=O) groups excluding carboxylic acids is 1. The van der Waals surface area contributed by atoms with Crippen LogP contribution in [0.3, 0.4) is 0 Å². The van der Waals surface area contributed by atoms with Crippen LogP contribution in [0.1, 0.15) is 24.7 Å². The van der Waals surface area contributed by atoms with Gasteiger partial charge in [0, 0.05) is 43.5 Å². The quantitative estimate of drug-likeness (QED) is 0.198. The molecule has 0 aliphatic carbocycles. The van der Waals surface area contributed by atoms with E-state index in [-0.39, 0.29) is 69.7 Å². The molecule has 0 aliphatic heterocycles. The van der Waals surface area contributed by atoms with Gasteiger partial charge in [-0.15, -0.1) is 0 Å². The van der Waals surface area contributed by atoms with Gasteiger partial charge in [-0.05, 0) is 31.2 Å². The van der Waals surface area contributed by atoms with Crippen LogP contribution in [0.25, 0.3) is 21.9 Å². The van der Waals surface area contributed by atoms with E-state index in [1.54, 1.807) is 13.0 Å². The van der Waals surface area contributed by atoms with E-state index in [9.17, 15) is 25.0 Å². The number of fused-ring (bicyclic) bond motifs is 2. The predicted octanol–water partition coefficient (Wildman–Crippen LogP) is 1.09. The maximum atomic E-state index is 11.4. The number of nitro benzene ring substituents is 2. The maximum absolute atomic E-state index is 11.4. The normalized spacial score (nSPS) is 9.88. The van der Waals surface area contributed by atoms with Crippen LogP contribution in [0, 0.1) is 20.2 Å². The Kier molecular flexibility index (Phi) is 10.3. The molecule has 0 aliphatic rings. The van der Waals surface area contributed by atoms with Gasteiger partial charge in [0.2, 0.25) is 5.76 Å². The first kappa shape index (κ1) is 27.8. The number of aliphatic hydroxyl groups is 1. The molecule has 0 bridgehead atoms. The molecular formula is C20H17BN2NaO9. The van der Waals surface area contributed by atoms with Crippen molar-refractivity contribution in [1.82, 2.24) is 0 Å². The van der Waals surface area contributed by atoms with Crippen LogP contribution < -0.4 is 29.6 Å². The first-order valence-corrected chi connectivity index (χ1v) is 8.95. The second-order valence-electron chi connectivity index (χ2n) is 6.16. The van der Waals surface area contributed by atoms with Gasteiger partial charge in [-0.25, -0.2) is 4.79 Å². The van der Waals surface area contributed by atoms with E-state index in [2.05, 4.69) is 0 Å². The number of nitro groups is 2. The first-order valence-electron chi connectivity index (χ1n) is 8.95. The van der Waals surface area contributed by atoms with E-state index in [1.165, 1.54) is 42.5 Å². The van der Waals surface area contributed by atoms with E-state index in [0.717, 1.165) is 0 Å². The van der Waals surface area contributed by atoms with Crippen LogP contribution >= 0.6 is 0 Å². The zero-order chi connectivity index (χ0) is 22.5. The number of carbonyl (C=O) groups is 1. The summed E-state index contributed by atoms with van der Waals surface area (Å²) in [7, 11) is 0. The number of benzene rings is 2. The zero-order valence-electron chi connectivity index (χ0n) is 18.7. The van der Waals surface area contributed by atoms with Crippen LogP contribution in [-0.2, 0) is 11.3 Å². The van der Waals surface area contributed by atoms with Crippen molar-refractivity contribution in [3.63, 3.8) is 0 Å². The summed E-state index contributed by atoms with van der Waals surface area (Å²) in [6.07, 6.45) is 0. The molecule has 0 saturated carbocycles. The molecule has 0 saturated heterocycles. The average molecular weight is 463 g/mol. The van der Waals surface area contributed by atoms with Gasteiger partial charge in [-0.3, -0.25) is 20.2 Å². The van der Waals surface area contributed by atoms with E-state index in [0.29, 0.717) is 27.7 Å². The number of hydrogen-bond acceptors (Lipinski definition) is 9. The third-order valence-electron chi connectivity index (χ3n) is 4.10. The SMILES string of the molecule is CCOC(=O)c1cc2cc([N+](=O)[O-])ccc2o1.O=[N+]([O-])c1ccc2oc(CO)cc2c1.[B].[H-].[Na+]. The molecule has 0 amide bonds. The van der Waals surface area contributed by atoms with E-state index >= 15 is 0 Å². The van der Waals surface area contributed by atoms with Crippen molar-refractivity contribution in [3.05, 3.63) is 80.3 Å². The number of hydrogen-bond donors (Lipinski definition) is 1. The molecule has 0 unspecified atom stereocenters. The fraction of sp³-hybridized carbons (Fsp3) is 0.150. The summed E-state index contributed by atoms with van der Waals surface area (Å²) in [6, 6.07) is 11.4. The zero-order valence-corrected chi connectivity index (χ0v) is 19.7. The van der Waals surface area contributed by atoms with Crippen molar-refractivity contribution in [1.29, 1.82) is 0 Å². The maximum Gasteiger partial charge on any atom is 1.00 e. The van der Waals surface area contributed by atoms with Gasteiger partial charge in [-0.2, -0.15) is 0 Å². The number of non-ortho nitro benzene ring substituents is 2. The number of aliphatic hydroxyl groups excluding tert-OH is 1. The van der Waals surface area contributed by atoms with Gasteiger partial charge < -0.3 is 20.1 Å². The molecule has 3 radical (unpaired) electrons. The Labute approximate surface area is 212 Å². The molecule has 4 aromatic rings. The van der Waals surface area contributed by atoms with E-state index in [1.807, 2.05) is 0 Å². The van der Waals surface area contributed by atoms with Crippen molar-refractivity contribution in [3.8, 4) is 0 Å². The standard InChI is InChI=1S/C11H9NO5.C9H7NO4.B.Na.H/c1-2-16-11(13)10-6-7-5-8(12(14)15)3-4-9(7)17-10;11-5-8-4-6-3-7(10(12)13)1-2-9(6)14-8;;;/h3-6H,2H2,1H3;1-4,11H,5H2;;;/q;;;+1;-1. The first-order chi connectivity index (χ1) is 14.8. The average Bonchev–Trinajstić information content (AvgIpc) is 3.36. The van der Waals surface area contributed by atoms with Crippen molar-refractivity contribution < 1.29 is 64.3 Å². The molecule has 33 heavy (non-hydrogen) atoms. The Hall–Kier alpha value is -3.19. The fourth-order valence-corrected chi connectivity index (χ4v) is 2.72. The van der Waals surface area contributed by atoms with Crippen molar-refractivity contribution in [2.75, 3.05) is 6.61 Å². The van der Waals surface area contributed by atoms with E-state index in [4.69, 9.17) is 18.7 Å². The number of rotatable bonds is 5. The summed E-state index contributed by atoms with van der Waals surface area (Å²) < 4.78 is 15.2. The molecule has 0 atom stereocenters. The Morgan fingerprint density at radius 2 is 1.48 bits per heavy atom. The summed E-state index contributed by atoms with van der Waals surface area (Å²) in [4.78, 5) is 31.4. The molecule has 2 aromatic carbocycles. The molecule has 165 valence electrons. The summed E-state index contributed by atoms with van der Waals surface area (Å²) in [5.41, 5.74) is 0.926. The molecule has 11 nitrogen and oxygen atoms in total. The molecular weight excluding hydrogens is 446 g/mol. The number of nitrogens with zero attached hydrogens (tertiary/aromatic N) is 2. The Bertz CT molecular complexity index is 1290. The van der Waals surface area contributed by atoms with Crippen LogP contribution in [-0.4, -0.2) is 35.9 Å². The summed E-state index contributed by atoms with van der Waals surface area (Å²) in [6.45, 7) is 1.73. The minimum absolute atomic E-state index is 0. The van der Waals surface area contributed by atoms with Crippen LogP contribution in [0.5, 0.6) is 0 Å². The third kappa shape index (κ3) is 6.65. The van der Waals surface area contributed by atoms with Gasteiger partial charge in [0.05, 0.1) is 16.5 Å². The van der Waals surface area contributed by atoms with Gasteiger partial charge in [0.1, 0.15) is 23.5 Å². The second-order valence-corrected chi connectivity index (χ2v) is 6.16. The monoisotopic (exact) mass is 463 g/mol. The molecule has 4 rings (SSSR count). The van der Waals surface area contributed by atoms with Crippen molar-refractivity contribution in [2.24, 2.45) is 0 Å². The summed E-state index contributed by atoms with van der Waals surface area (Å²) >= 11 is 0. The second kappa shape index (κ2) is 12.2. The Morgan fingerprint density at radius 3 is 1.97 bits per heavy atom. The van der Waals surface area contributed by atoms with Gasteiger partial charge in [0.25, 0.3) is 11.4 Å². The summed E-state index contributed by atoms with van der Waals surface area (Å²) in [5.74, 6) is -0.130. The summed E-state index contributed by atoms with van der Waals surface area (Å²) in [5, 5.41) is 30.9. The number of esters is 1. The predicted molar refractivity (Wildman–Crippen MR) is 114 cm³/mol. The smallest absolute Gasteiger partial charge is 1.00 e. The topological polar surface area (TPSA) is 159 Å². The third-order valence-corrected chi connectivity index (χ3v) is 4.10. The molecule has 2 heterocycles. The largest absolute Gasteiger partial charge is 1.00 e. The number of furan rings is 2. The molecule has 0 fully saturated rings. The molecule has 1 N–H and O–H groups in total. The van der Waals surface area contributed by atoms with Crippen molar-refractivity contribution in [2.45, 2.75) is 13.5 Å². The molecule has 13 heteroatoms. The molecule has 0 spiro atoms. The van der Waals surface area contributed by atoms with Gasteiger partial charge in [0.15, 0.2) is 0 Å². The minimum Gasteiger partial charge on any atom is -1.00 e. The van der Waals surface area contributed by atoms with Crippen molar-refractivity contribution >= 4 is 47.7 Å². The Morgan fingerprint density at radius 1 is 0.970 bits per heavy atom.